The smallest absolute Gasteiger partial charge is 0.0881 e. The molecule has 0 fully saturated rings. The third-order valence-corrected chi connectivity index (χ3v) is 2.89. The number of nitrogens with zero attached hydrogens (tertiary/aromatic N) is 1. The molecule has 2 bridgehead atoms. The molecule has 0 spiro atoms. The Labute approximate surface area is 75.0 Å². The Morgan fingerprint density at radius 1 is 1.08 bits per heavy atom. The minimum Gasteiger partial charge on any atom is -0.327 e. The maximum atomic E-state index is 2.41. The van der Waals surface area contributed by atoms with Gasteiger partial charge in [0.2, 0.25) is 0 Å². The number of hydrogen-bond acceptors (Lipinski definition) is 0. The fourth-order valence-corrected chi connectivity index (χ4v) is 2.41. The lowest BCUT2D eigenvalue weighted by Crippen LogP contribution is -2.45. The lowest BCUT2D eigenvalue weighted by molar-refractivity contribution is -0.894. The van der Waals surface area contributed by atoms with Crippen LogP contribution < -0.4 is 0 Å². The fourth-order valence-electron chi connectivity index (χ4n) is 2.41. The van der Waals surface area contributed by atoms with Gasteiger partial charge in [0.15, 0.2) is 0 Å². The van der Waals surface area contributed by atoms with Gasteiger partial charge in [0, 0.05) is 11.8 Å². The molecular formula is C11H18N+. The molecule has 1 heterocycles. The zero-order valence-electron chi connectivity index (χ0n) is 8.03. The molecule has 0 amide bonds. The average Bonchev–Trinajstić information content (AvgIpc) is 2.17. The van der Waals surface area contributed by atoms with Crippen molar-refractivity contribution in [3.63, 3.8) is 0 Å². The highest BCUT2D eigenvalue weighted by molar-refractivity contribution is 5.09. The van der Waals surface area contributed by atoms with Gasteiger partial charge in [-0.25, -0.2) is 0 Å². The second kappa shape index (κ2) is 2.74. The highest BCUT2D eigenvalue weighted by atomic mass is 15.3. The van der Waals surface area contributed by atoms with Crippen LogP contribution in [0.4, 0.5) is 0 Å². The number of allylic oxidation sites excluding steroid dienone is 1. The number of rotatable bonds is 0. The van der Waals surface area contributed by atoms with E-state index in [4.69, 9.17) is 0 Å². The van der Waals surface area contributed by atoms with Crippen molar-refractivity contribution in [2.45, 2.75) is 6.42 Å². The molecule has 0 saturated heterocycles. The van der Waals surface area contributed by atoms with Gasteiger partial charge in [-0.05, 0) is 6.42 Å². The molecule has 0 radical (unpaired) electrons. The molecule has 1 aliphatic carbocycles. The van der Waals surface area contributed by atoms with Gasteiger partial charge in [-0.2, -0.15) is 0 Å². The molecule has 2 aliphatic rings. The van der Waals surface area contributed by atoms with E-state index in [1.165, 1.54) is 24.0 Å². The molecule has 0 aromatic rings. The average molecular weight is 164 g/mol. The Bertz CT molecular complexity index is 225. The van der Waals surface area contributed by atoms with Crippen molar-refractivity contribution in [3.8, 4) is 0 Å². The summed E-state index contributed by atoms with van der Waals surface area (Å²) in [5, 5.41) is 0. The second-order valence-electron chi connectivity index (χ2n) is 4.77. The first-order valence-electron chi connectivity index (χ1n) is 4.83. The molecule has 0 saturated carbocycles. The quantitative estimate of drug-likeness (QED) is 0.378. The van der Waals surface area contributed by atoms with Crippen molar-refractivity contribution in [3.05, 3.63) is 24.3 Å². The van der Waals surface area contributed by atoms with Crippen LogP contribution in [-0.2, 0) is 0 Å². The van der Waals surface area contributed by atoms with E-state index >= 15 is 0 Å². The zero-order chi connectivity index (χ0) is 8.60. The zero-order valence-corrected chi connectivity index (χ0v) is 8.03. The van der Waals surface area contributed by atoms with Crippen LogP contribution in [0.25, 0.3) is 0 Å². The first kappa shape index (κ1) is 8.06. The van der Waals surface area contributed by atoms with E-state index in [1.54, 1.807) is 0 Å². The van der Waals surface area contributed by atoms with Gasteiger partial charge >= 0.3 is 0 Å². The van der Waals surface area contributed by atoms with Crippen molar-refractivity contribution < 1.29 is 4.48 Å². The van der Waals surface area contributed by atoms with Gasteiger partial charge in [-0.1, -0.05) is 24.3 Å². The predicted octanol–water partition coefficient (Wildman–Crippen LogP) is 1.82. The van der Waals surface area contributed by atoms with E-state index in [9.17, 15) is 0 Å². The maximum absolute atomic E-state index is 2.41. The van der Waals surface area contributed by atoms with Crippen LogP contribution in [0.2, 0.25) is 0 Å². The summed E-state index contributed by atoms with van der Waals surface area (Å²) in [5.41, 5.74) is 0. The van der Waals surface area contributed by atoms with Gasteiger partial charge < -0.3 is 4.48 Å². The molecule has 1 aliphatic heterocycles. The largest absolute Gasteiger partial charge is 0.327 e. The molecular weight excluding hydrogens is 146 g/mol. The third kappa shape index (κ3) is 1.61. The van der Waals surface area contributed by atoms with Crippen molar-refractivity contribution in [2.24, 2.45) is 11.8 Å². The summed E-state index contributed by atoms with van der Waals surface area (Å²) in [4.78, 5) is 0. The summed E-state index contributed by atoms with van der Waals surface area (Å²) in [6.07, 6.45) is 10.8. The lowest BCUT2D eigenvalue weighted by Gasteiger charge is -2.33. The van der Waals surface area contributed by atoms with Crippen LogP contribution in [0.1, 0.15) is 6.42 Å². The molecule has 1 nitrogen and oxygen atoms in total. The second-order valence-corrected chi connectivity index (χ2v) is 4.77. The summed E-state index contributed by atoms with van der Waals surface area (Å²) in [7, 11) is 4.68. The standard InChI is InChI=1S/C11H18N/c1-12(2)8-10-4-3-5-11(9-12)7-6-10/h3-4,6-7,10-11H,5,8-9H2,1-2H3/q+1/t10-,11-/m0/s1. The molecule has 0 unspecified atom stereocenters. The molecule has 12 heavy (non-hydrogen) atoms. The normalized spacial score (nSPS) is 37.8. The van der Waals surface area contributed by atoms with E-state index in [1.807, 2.05) is 0 Å². The Kier molecular flexibility index (Phi) is 1.84. The van der Waals surface area contributed by atoms with Crippen LogP contribution in [0.3, 0.4) is 0 Å². The third-order valence-electron chi connectivity index (χ3n) is 2.89. The summed E-state index contributed by atoms with van der Waals surface area (Å²) in [5.74, 6) is 1.47. The van der Waals surface area contributed by atoms with Crippen molar-refractivity contribution >= 4 is 0 Å². The summed E-state index contributed by atoms with van der Waals surface area (Å²) >= 11 is 0. The minimum atomic E-state index is 0.687. The number of hydrogen-bond donors (Lipinski definition) is 0. The van der Waals surface area contributed by atoms with E-state index in [-0.39, 0.29) is 0 Å². The van der Waals surface area contributed by atoms with Gasteiger partial charge in [0.25, 0.3) is 0 Å². The van der Waals surface area contributed by atoms with Crippen molar-refractivity contribution in [2.75, 3.05) is 27.2 Å². The summed E-state index contributed by atoms with van der Waals surface area (Å²) in [6, 6.07) is 0. The Hall–Kier alpha value is -0.560. The van der Waals surface area contributed by atoms with Crippen LogP contribution in [0.15, 0.2) is 24.3 Å². The number of fused-ring (bicyclic) bond motifs is 2. The lowest BCUT2D eigenvalue weighted by atomic mass is 10.0. The molecule has 66 valence electrons. The van der Waals surface area contributed by atoms with E-state index in [2.05, 4.69) is 38.4 Å². The van der Waals surface area contributed by atoms with Crippen molar-refractivity contribution in [1.82, 2.24) is 0 Å². The molecule has 2 rings (SSSR count). The molecule has 1 heteroatoms. The SMILES string of the molecule is C[N+]1(C)C[C@H]2C=CC[C@@H](C=C2)C1. The van der Waals surface area contributed by atoms with Gasteiger partial charge in [0.1, 0.15) is 0 Å². The van der Waals surface area contributed by atoms with E-state index in [0.717, 1.165) is 5.92 Å². The fraction of sp³-hybridized carbons (Fsp3) is 0.636. The Balaban J connectivity index is 2.25. The molecule has 0 N–H and O–H groups in total. The maximum Gasteiger partial charge on any atom is 0.0881 e. The Morgan fingerprint density at radius 2 is 1.92 bits per heavy atom. The van der Waals surface area contributed by atoms with Crippen LogP contribution in [0.5, 0.6) is 0 Å². The van der Waals surface area contributed by atoms with Crippen LogP contribution in [-0.4, -0.2) is 31.7 Å². The summed E-state index contributed by atoms with van der Waals surface area (Å²) < 4.78 is 1.17. The minimum absolute atomic E-state index is 0.687. The van der Waals surface area contributed by atoms with E-state index < -0.39 is 0 Å². The molecule has 0 aromatic heterocycles. The highest BCUT2D eigenvalue weighted by Crippen LogP contribution is 2.24. The summed E-state index contributed by atoms with van der Waals surface area (Å²) in [6.45, 7) is 2.57. The molecule has 2 atom stereocenters. The van der Waals surface area contributed by atoms with Gasteiger partial charge in [-0.15, -0.1) is 0 Å². The first-order valence-corrected chi connectivity index (χ1v) is 4.83. The van der Waals surface area contributed by atoms with E-state index in [0.29, 0.717) is 5.92 Å². The molecule has 0 aromatic carbocycles. The first-order chi connectivity index (χ1) is 5.66. The topological polar surface area (TPSA) is 0 Å². The highest BCUT2D eigenvalue weighted by Gasteiger charge is 2.27. The van der Waals surface area contributed by atoms with Gasteiger partial charge in [0.05, 0.1) is 27.2 Å². The van der Waals surface area contributed by atoms with Crippen molar-refractivity contribution in [1.29, 1.82) is 0 Å². The van der Waals surface area contributed by atoms with Crippen LogP contribution >= 0.6 is 0 Å². The monoisotopic (exact) mass is 164 g/mol. The van der Waals surface area contributed by atoms with Crippen LogP contribution in [0, 0.1) is 11.8 Å². The van der Waals surface area contributed by atoms with Gasteiger partial charge in [-0.3, -0.25) is 0 Å². The predicted molar refractivity (Wildman–Crippen MR) is 51.7 cm³/mol. The Morgan fingerprint density at radius 3 is 2.75 bits per heavy atom. The number of quaternary nitrogens is 1.